The number of hydrogen-bond acceptors (Lipinski definition) is 5. The van der Waals surface area contributed by atoms with Gasteiger partial charge in [-0.2, -0.15) is 0 Å². The van der Waals surface area contributed by atoms with E-state index in [9.17, 15) is 14.0 Å². The fourth-order valence-corrected chi connectivity index (χ4v) is 4.42. The lowest BCUT2D eigenvalue weighted by Crippen LogP contribution is -2.45. The SMILES string of the molecule is O=C(Nc1nnc(-c2ccc(Br)cc2)s1)C1CCCN1C(=O)Nc1ccc(F)c(Cl)c1. The van der Waals surface area contributed by atoms with E-state index < -0.39 is 17.9 Å². The van der Waals surface area contributed by atoms with E-state index >= 15 is 0 Å². The molecular formula is C20H16BrClFN5O2S. The van der Waals surface area contributed by atoms with Crippen LogP contribution in [0.15, 0.2) is 46.9 Å². The van der Waals surface area contributed by atoms with E-state index in [0.717, 1.165) is 10.0 Å². The number of aromatic nitrogens is 2. The van der Waals surface area contributed by atoms with Crippen molar-refractivity contribution < 1.29 is 14.0 Å². The molecule has 0 aliphatic carbocycles. The van der Waals surface area contributed by atoms with Gasteiger partial charge in [0.1, 0.15) is 16.9 Å². The Labute approximate surface area is 194 Å². The molecule has 4 rings (SSSR count). The summed E-state index contributed by atoms with van der Waals surface area (Å²) in [5.41, 5.74) is 1.24. The van der Waals surface area contributed by atoms with E-state index in [1.54, 1.807) is 0 Å². The lowest BCUT2D eigenvalue weighted by atomic mass is 10.2. The number of nitrogens with one attached hydrogen (secondary N) is 2. The standard InChI is InChI=1S/C20H16BrClFN5O2S/c21-12-5-3-11(4-6-12)18-26-27-19(31-18)25-17(29)16-2-1-9-28(16)20(30)24-13-7-8-15(23)14(22)10-13/h3-8,10,16H,1-2,9H2,(H,24,30)(H,25,27,29). The molecule has 1 atom stereocenters. The third-order valence-corrected chi connectivity index (χ3v) is 6.44. The Bertz CT molecular complexity index is 1130. The van der Waals surface area contributed by atoms with Crippen LogP contribution in [0.5, 0.6) is 0 Å². The molecule has 2 N–H and O–H groups in total. The Hall–Kier alpha value is -2.56. The monoisotopic (exact) mass is 523 g/mol. The summed E-state index contributed by atoms with van der Waals surface area (Å²) in [6.45, 7) is 0.430. The quantitative estimate of drug-likeness (QED) is 0.479. The van der Waals surface area contributed by atoms with Crippen molar-refractivity contribution >= 4 is 61.6 Å². The highest BCUT2D eigenvalue weighted by molar-refractivity contribution is 9.10. The van der Waals surface area contributed by atoms with Crippen LogP contribution < -0.4 is 10.6 Å². The van der Waals surface area contributed by atoms with Crippen LogP contribution in [0.2, 0.25) is 5.02 Å². The predicted molar refractivity (Wildman–Crippen MR) is 122 cm³/mol. The Morgan fingerprint density at radius 3 is 2.68 bits per heavy atom. The van der Waals surface area contributed by atoms with Crippen molar-refractivity contribution in [2.75, 3.05) is 17.2 Å². The second-order valence-electron chi connectivity index (χ2n) is 6.82. The van der Waals surface area contributed by atoms with E-state index in [1.165, 1.54) is 34.4 Å². The molecule has 3 amide bonds. The lowest BCUT2D eigenvalue weighted by molar-refractivity contribution is -0.119. The number of rotatable bonds is 4. The number of likely N-dealkylation sites (tertiary alicyclic amines) is 1. The predicted octanol–water partition coefficient (Wildman–Crippen LogP) is 5.40. The van der Waals surface area contributed by atoms with Crippen molar-refractivity contribution in [3.8, 4) is 10.6 Å². The van der Waals surface area contributed by atoms with Crippen LogP contribution in [-0.2, 0) is 4.79 Å². The Morgan fingerprint density at radius 2 is 1.94 bits per heavy atom. The van der Waals surface area contributed by atoms with Crippen LogP contribution in [0.4, 0.5) is 20.0 Å². The van der Waals surface area contributed by atoms with Crippen molar-refractivity contribution in [3.05, 3.63) is 57.8 Å². The summed E-state index contributed by atoms with van der Waals surface area (Å²) in [4.78, 5) is 26.9. The first kappa shape index (κ1) is 21.7. The van der Waals surface area contributed by atoms with Gasteiger partial charge in [-0.25, -0.2) is 9.18 Å². The summed E-state index contributed by atoms with van der Waals surface area (Å²) in [6, 6.07) is 10.4. The van der Waals surface area contributed by atoms with Crippen molar-refractivity contribution in [1.29, 1.82) is 0 Å². The molecule has 0 saturated carbocycles. The topological polar surface area (TPSA) is 87.2 Å². The van der Waals surface area contributed by atoms with E-state index in [0.29, 0.717) is 35.2 Å². The third-order valence-electron chi connectivity index (χ3n) is 4.73. The first-order valence-electron chi connectivity index (χ1n) is 9.34. The largest absolute Gasteiger partial charge is 0.322 e. The van der Waals surface area contributed by atoms with Crippen LogP contribution in [-0.4, -0.2) is 39.6 Å². The molecule has 1 aliphatic heterocycles. The molecule has 3 aromatic rings. The molecule has 0 bridgehead atoms. The molecule has 1 saturated heterocycles. The molecule has 1 aromatic heterocycles. The Balaban J connectivity index is 1.41. The number of anilines is 2. The van der Waals surface area contributed by atoms with Gasteiger partial charge in [-0.15, -0.1) is 10.2 Å². The van der Waals surface area contributed by atoms with Crippen LogP contribution in [0.1, 0.15) is 12.8 Å². The highest BCUT2D eigenvalue weighted by Crippen LogP contribution is 2.28. The number of halogens is 3. The maximum Gasteiger partial charge on any atom is 0.322 e. The zero-order valence-electron chi connectivity index (χ0n) is 15.9. The molecule has 7 nitrogen and oxygen atoms in total. The normalized spacial score (nSPS) is 15.7. The number of urea groups is 1. The van der Waals surface area contributed by atoms with Gasteiger partial charge >= 0.3 is 6.03 Å². The summed E-state index contributed by atoms with van der Waals surface area (Å²) in [5.74, 6) is -0.902. The van der Waals surface area contributed by atoms with Crippen LogP contribution in [0, 0.1) is 5.82 Å². The van der Waals surface area contributed by atoms with Gasteiger partial charge < -0.3 is 10.2 Å². The third kappa shape index (κ3) is 5.03. The van der Waals surface area contributed by atoms with Gasteiger partial charge in [0.25, 0.3) is 0 Å². The van der Waals surface area contributed by atoms with E-state index in [1.807, 2.05) is 24.3 Å². The molecule has 11 heteroatoms. The Morgan fingerprint density at radius 1 is 1.16 bits per heavy atom. The maximum absolute atomic E-state index is 13.3. The summed E-state index contributed by atoms with van der Waals surface area (Å²) in [7, 11) is 0. The molecule has 2 heterocycles. The number of benzene rings is 2. The van der Waals surface area contributed by atoms with Crippen molar-refractivity contribution in [2.24, 2.45) is 0 Å². The fourth-order valence-electron chi connectivity index (χ4n) is 3.22. The van der Waals surface area contributed by atoms with Crippen LogP contribution in [0.3, 0.4) is 0 Å². The summed E-state index contributed by atoms with van der Waals surface area (Å²) < 4.78 is 14.3. The number of nitrogens with zero attached hydrogens (tertiary/aromatic N) is 3. The average Bonchev–Trinajstić information content (AvgIpc) is 3.41. The average molecular weight is 525 g/mol. The molecule has 1 aliphatic rings. The molecule has 31 heavy (non-hydrogen) atoms. The number of amides is 3. The maximum atomic E-state index is 13.3. The molecule has 1 unspecified atom stereocenters. The summed E-state index contributed by atoms with van der Waals surface area (Å²) in [5, 5.41) is 14.5. The van der Waals surface area contributed by atoms with Crippen LogP contribution in [0.25, 0.3) is 10.6 Å². The lowest BCUT2D eigenvalue weighted by Gasteiger charge is -2.23. The van der Waals surface area contributed by atoms with E-state index in [4.69, 9.17) is 11.6 Å². The first-order chi connectivity index (χ1) is 14.9. The molecule has 2 aromatic carbocycles. The number of carbonyl (C=O) groups is 2. The van der Waals surface area contributed by atoms with Crippen molar-refractivity contribution in [2.45, 2.75) is 18.9 Å². The second kappa shape index (κ2) is 9.29. The zero-order chi connectivity index (χ0) is 22.0. The van der Waals surface area contributed by atoms with Gasteiger partial charge in [-0.05, 0) is 43.2 Å². The van der Waals surface area contributed by atoms with Gasteiger partial charge in [0, 0.05) is 22.3 Å². The minimum Gasteiger partial charge on any atom is -0.312 e. The second-order valence-corrected chi connectivity index (χ2v) is 9.12. The molecule has 160 valence electrons. The Kier molecular flexibility index (Phi) is 6.49. The summed E-state index contributed by atoms with van der Waals surface area (Å²) >= 11 is 10.4. The number of carbonyl (C=O) groups excluding carboxylic acids is 2. The summed E-state index contributed by atoms with van der Waals surface area (Å²) in [6.07, 6.45) is 1.22. The number of hydrogen-bond donors (Lipinski definition) is 2. The highest BCUT2D eigenvalue weighted by Gasteiger charge is 2.34. The van der Waals surface area contributed by atoms with Gasteiger partial charge in [0.2, 0.25) is 11.0 Å². The fraction of sp³-hybridized carbons (Fsp3) is 0.200. The smallest absolute Gasteiger partial charge is 0.312 e. The molecule has 0 spiro atoms. The van der Waals surface area contributed by atoms with Gasteiger partial charge in [0.05, 0.1) is 5.02 Å². The first-order valence-corrected chi connectivity index (χ1v) is 11.3. The van der Waals surface area contributed by atoms with Crippen LogP contribution >= 0.6 is 38.9 Å². The minimum absolute atomic E-state index is 0.0913. The van der Waals surface area contributed by atoms with Crippen molar-refractivity contribution in [1.82, 2.24) is 15.1 Å². The molecular weight excluding hydrogens is 509 g/mol. The van der Waals surface area contributed by atoms with Gasteiger partial charge in [-0.1, -0.05) is 51.0 Å². The van der Waals surface area contributed by atoms with Gasteiger partial charge in [0.15, 0.2) is 0 Å². The van der Waals surface area contributed by atoms with E-state index in [2.05, 4.69) is 36.8 Å². The molecule has 0 radical (unpaired) electrons. The minimum atomic E-state index is -0.643. The van der Waals surface area contributed by atoms with E-state index in [-0.39, 0.29) is 10.9 Å². The zero-order valence-corrected chi connectivity index (χ0v) is 19.1. The van der Waals surface area contributed by atoms with Gasteiger partial charge in [-0.3, -0.25) is 10.1 Å². The van der Waals surface area contributed by atoms with Crippen molar-refractivity contribution in [3.63, 3.8) is 0 Å². The molecule has 1 fully saturated rings. The highest BCUT2D eigenvalue weighted by atomic mass is 79.9.